The zero-order valence-electron chi connectivity index (χ0n) is 10.1. The van der Waals surface area contributed by atoms with Crippen molar-refractivity contribution in [1.29, 1.82) is 0 Å². The summed E-state index contributed by atoms with van der Waals surface area (Å²) in [6.07, 6.45) is -5.79. The molecule has 1 aromatic rings. The number of primary amides is 1. The molecular weight excluding hydrogens is 249 g/mol. The lowest BCUT2D eigenvalue weighted by atomic mass is 9.91. The highest BCUT2D eigenvalue weighted by Crippen LogP contribution is 2.33. The summed E-state index contributed by atoms with van der Waals surface area (Å²) in [5.74, 6) is -0.269. The molecule has 1 rings (SSSR count). The van der Waals surface area contributed by atoms with Crippen LogP contribution in [0.2, 0.25) is 0 Å². The molecule has 18 heavy (non-hydrogen) atoms. The summed E-state index contributed by atoms with van der Waals surface area (Å²) < 4.78 is 42.4. The van der Waals surface area contributed by atoms with Crippen LogP contribution < -0.4 is 10.5 Å². The minimum atomic E-state index is -4.61. The molecule has 1 aromatic heterocycles. The minimum Gasteiger partial charge on any atom is -0.410 e. The van der Waals surface area contributed by atoms with Crippen LogP contribution in [0.4, 0.5) is 18.0 Å². The second-order valence-corrected chi connectivity index (χ2v) is 4.74. The molecule has 100 valence electrons. The lowest BCUT2D eigenvalue weighted by Gasteiger charge is -2.20. The first-order valence-electron chi connectivity index (χ1n) is 5.07. The zero-order chi connectivity index (χ0) is 14.1. The van der Waals surface area contributed by atoms with Crippen molar-refractivity contribution in [3.63, 3.8) is 0 Å². The van der Waals surface area contributed by atoms with E-state index in [1.807, 2.05) is 0 Å². The van der Waals surface area contributed by atoms with Gasteiger partial charge in [0.25, 0.3) is 0 Å². The molecule has 0 aliphatic rings. The van der Waals surface area contributed by atoms with Crippen molar-refractivity contribution in [2.24, 2.45) is 5.73 Å². The predicted molar refractivity (Wildman–Crippen MR) is 58.2 cm³/mol. The number of hydrogen-bond donors (Lipinski definition) is 1. The van der Waals surface area contributed by atoms with Gasteiger partial charge in [-0.3, -0.25) is 0 Å². The Balaban J connectivity index is 3.34. The highest BCUT2D eigenvalue weighted by Gasteiger charge is 2.34. The molecule has 0 saturated carbocycles. The molecule has 0 aliphatic carbocycles. The van der Waals surface area contributed by atoms with Crippen molar-refractivity contribution in [1.82, 2.24) is 4.98 Å². The van der Waals surface area contributed by atoms with Gasteiger partial charge in [0.2, 0.25) is 0 Å². The van der Waals surface area contributed by atoms with Crippen LogP contribution in [0, 0.1) is 0 Å². The number of hydrogen-bond acceptors (Lipinski definition) is 3. The Kier molecular flexibility index (Phi) is 3.54. The maximum atomic E-state index is 12.6. The van der Waals surface area contributed by atoms with E-state index in [-0.39, 0.29) is 11.4 Å². The van der Waals surface area contributed by atoms with Gasteiger partial charge < -0.3 is 10.5 Å². The summed E-state index contributed by atoms with van der Waals surface area (Å²) in [5.41, 5.74) is 3.21. The van der Waals surface area contributed by atoms with Crippen LogP contribution in [0.3, 0.4) is 0 Å². The van der Waals surface area contributed by atoms with Crippen molar-refractivity contribution in [2.45, 2.75) is 32.4 Å². The fraction of sp³-hybridized carbons (Fsp3) is 0.455. The van der Waals surface area contributed by atoms with E-state index in [0.29, 0.717) is 6.07 Å². The van der Waals surface area contributed by atoms with Gasteiger partial charge in [0.1, 0.15) is 11.4 Å². The first-order valence-corrected chi connectivity index (χ1v) is 5.07. The molecule has 0 saturated heterocycles. The number of alkyl halides is 3. The molecular formula is C11H13F3N2O2. The number of amides is 1. The van der Waals surface area contributed by atoms with Crippen LogP contribution in [0.5, 0.6) is 5.75 Å². The largest absolute Gasteiger partial charge is 0.433 e. The standard InChI is InChI=1S/C11H13F3N2O2/c1-10(2,3)7-4-6(18-9(15)17)5-8(16-7)11(12,13)14/h4-5H,1-3H3,(H2,15,17). The molecule has 0 aliphatic heterocycles. The van der Waals surface area contributed by atoms with Crippen molar-refractivity contribution in [3.8, 4) is 5.75 Å². The van der Waals surface area contributed by atoms with Gasteiger partial charge in [-0.15, -0.1) is 0 Å². The Labute approximate surface area is 102 Å². The fourth-order valence-electron chi connectivity index (χ4n) is 1.21. The molecule has 0 aromatic carbocycles. The quantitative estimate of drug-likeness (QED) is 0.846. The second kappa shape index (κ2) is 4.47. The van der Waals surface area contributed by atoms with Gasteiger partial charge in [-0.05, 0) is 0 Å². The van der Waals surface area contributed by atoms with E-state index in [4.69, 9.17) is 5.73 Å². The number of rotatable bonds is 1. The minimum absolute atomic E-state index is 0.161. The van der Waals surface area contributed by atoms with Gasteiger partial charge in [0, 0.05) is 17.5 Å². The maximum absolute atomic E-state index is 12.6. The maximum Gasteiger partial charge on any atom is 0.433 e. The van der Waals surface area contributed by atoms with Gasteiger partial charge in [0.05, 0.1) is 5.69 Å². The Bertz CT molecular complexity index is 432. The molecule has 0 atom stereocenters. The van der Waals surface area contributed by atoms with Crippen LogP contribution in [-0.2, 0) is 11.6 Å². The van der Waals surface area contributed by atoms with Gasteiger partial charge in [-0.1, -0.05) is 20.8 Å². The molecule has 4 nitrogen and oxygen atoms in total. The van der Waals surface area contributed by atoms with E-state index in [2.05, 4.69) is 9.72 Å². The Morgan fingerprint density at radius 3 is 2.11 bits per heavy atom. The van der Waals surface area contributed by atoms with E-state index in [9.17, 15) is 18.0 Å². The van der Waals surface area contributed by atoms with Gasteiger partial charge in [-0.25, -0.2) is 9.78 Å². The Morgan fingerprint density at radius 2 is 1.72 bits per heavy atom. The first kappa shape index (κ1) is 14.3. The fourth-order valence-corrected chi connectivity index (χ4v) is 1.21. The lowest BCUT2D eigenvalue weighted by Crippen LogP contribution is -2.20. The van der Waals surface area contributed by atoms with Crippen LogP contribution in [-0.4, -0.2) is 11.1 Å². The third kappa shape index (κ3) is 3.61. The number of ether oxygens (including phenoxy) is 1. The summed E-state index contributed by atoms with van der Waals surface area (Å²) >= 11 is 0. The lowest BCUT2D eigenvalue weighted by molar-refractivity contribution is -0.141. The summed E-state index contributed by atoms with van der Waals surface area (Å²) in [6.45, 7) is 5.09. The number of nitrogens with two attached hydrogens (primary N) is 1. The molecule has 0 radical (unpaired) electrons. The topological polar surface area (TPSA) is 65.2 Å². The van der Waals surface area contributed by atoms with Gasteiger partial charge in [0.15, 0.2) is 0 Å². The monoisotopic (exact) mass is 262 g/mol. The molecule has 2 N–H and O–H groups in total. The average Bonchev–Trinajstić information content (AvgIpc) is 2.13. The zero-order valence-corrected chi connectivity index (χ0v) is 10.1. The van der Waals surface area contributed by atoms with Crippen LogP contribution >= 0.6 is 0 Å². The van der Waals surface area contributed by atoms with Crippen LogP contribution in [0.25, 0.3) is 0 Å². The third-order valence-electron chi connectivity index (χ3n) is 2.08. The van der Waals surface area contributed by atoms with E-state index >= 15 is 0 Å². The predicted octanol–water partition coefficient (Wildman–Crippen LogP) is 2.86. The van der Waals surface area contributed by atoms with Gasteiger partial charge >= 0.3 is 12.3 Å². The summed E-state index contributed by atoms with van der Waals surface area (Å²) in [5, 5.41) is 0. The summed E-state index contributed by atoms with van der Waals surface area (Å²) in [6, 6.07) is 1.90. The van der Waals surface area contributed by atoms with E-state index in [1.165, 1.54) is 6.07 Å². The van der Waals surface area contributed by atoms with E-state index < -0.39 is 23.4 Å². The molecule has 0 fully saturated rings. The highest BCUT2D eigenvalue weighted by atomic mass is 19.4. The first-order chi connectivity index (χ1) is 8.00. The SMILES string of the molecule is CC(C)(C)c1cc(OC(N)=O)cc(C(F)(F)F)n1. The van der Waals surface area contributed by atoms with Crippen molar-refractivity contribution in [3.05, 3.63) is 23.5 Å². The number of halogens is 3. The average molecular weight is 262 g/mol. The van der Waals surface area contributed by atoms with E-state index in [0.717, 1.165) is 0 Å². The van der Waals surface area contributed by atoms with Crippen molar-refractivity contribution >= 4 is 6.09 Å². The second-order valence-electron chi connectivity index (χ2n) is 4.74. The number of carbonyl (C=O) groups excluding carboxylic acids is 1. The summed E-state index contributed by atoms with van der Waals surface area (Å²) in [7, 11) is 0. The highest BCUT2D eigenvalue weighted by molar-refractivity contribution is 5.68. The van der Waals surface area contributed by atoms with Crippen LogP contribution in [0.15, 0.2) is 12.1 Å². The Hall–Kier alpha value is -1.79. The van der Waals surface area contributed by atoms with Gasteiger partial charge in [-0.2, -0.15) is 13.2 Å². The number of nitrogens with zero attached hydrogens (tertiary/aromatic N) is 1. The summed E-state index contributed by atoms with van der Waals surface area (Å²) in [4.78, 5) is 14.1. The van der Waals surface area contributed by atoms with Crippen molar-refractivity contribution < 1.29 is 22.7 Å². The Morgan fingerprint density at radius 1 is 1.22 bits per heavy atom. The molecule has 7 heteroatoms. The normalized spacial score (nSPS) is 12.3. The van der Waals surface area contributed by atoms with Crippen molar-refractivity contribution in [2.75, 3.05) is 0 Å². The number of pyridine rings is 1. The smallest absolute Gasteiger partial charge is 0.410 e. The molecule has 0 bridgehead atoms. The third-order valence-corrected chi connectivity index (χ3v) is 2.08. The van der Waals surface area contributed by atoms with E-state index in [1.54, 1.807) is 20.8 Å². The molecule has 0 spiro atoms. The molecule has 0 unspecified atom stereocenters. The number of carbonyl (C=O) groups is 1. The number of aromatic nitrogens is 1. The molecule has 1 amide bonds. The molecule has 1 heterocycles. The van der Waals surface area contributed by atoms with Crippen LogP contribution in [0.1, 0.15) is 32.2 Å².